The monoisotopic (exact) mass is 375 g/mol. The Bertz CT molecular complexity index is 808. The first-order chi connectivity index (χ1) is 12.6. The van der Waals surface area contributed by atoms with Crippen molar-refractivity contribution in [2.45, 2.75) is 6.42 Å². The zero-order valence-electron chi connectivity index (χ0n) is 14.0. The molecule has 0 atom stereocenters. The molecule has 1 aliphatic heterocycles. The molecule has 1 N–H and O–H groups in total. The lowest BCUT2D eigenvalue weighted by molar-refractivity contribution is -0.124. The van der Waals surface area contributed by atoms with Gasteiger partial charge in [0.1, 0.15) is 13.2 Å². The maximum atomic E-state index is 11.8. The second-order valence-corrected chi connectivity index (χ2v) is 6.10. The van der Waals surface area contributed by atoms with E-state index in [0.29, 0.717) is 36.8 Å². The number of carbonyl (C=O) groups is 2. The predicted octanol–water partition coefficient (Wildman–Crippen LogP) is 2.63. The van der Waals surface area contributed by atoms with Crippen LogP contribution in [0.3, 0.4) is 0 Å². The Morgan fingerprint density at radius 3 is 2.69 bits per heavy atom. The van der Waals surface area contributed by atoms with Crippen LogP contribution in [0.15, 0.2) is 42.5 Å². The fraction of sp³-hybridized carbons (Fsp3) is 0.263. The summed E-state index contributed by atoms with van der Waals surface area (Å²) in [6.45, 7) is 1.17. The van der Waals surface area contributed by atoms with Gasteiger partial charge in [0.15, 0.2) is 18.1 Å². The molecule has 0 saturated heterocycles. The van der Waals surface area contributed by atoms with Gasteiger partial charge >= 0.3 is 5.97 Å². The molecule has 1 aliphatic rings. The minimum absolute atomic E-state index is 0.307. The molecular formula is C19H18ClNO5. The Morgan fingerprint density at radius 2 is 1.88 bits per heavy atom. The van der Waals surface area contributed by atoms with Crippen LogP contribution in [0.2, 0.25) is 5.02 Å². The van der Waals surface area contributed by atoms with Gasteiger partial charge in [-0.15, -0.1) is 0 Å². The maximum absolute atomic E-state index is 11.8. The third kappa shape index (κ3) is 4.89. The molecule has 0 aliphatic carbocycles. The normalized spacial score (nSPS) is 12.3. The van der Waals surface area contributed by atoms with E-state index >= 15 is 0 Å². The van der Waals surface area contributed by atoms with Crippen LogP contribution in [0.1, 0.15) is 15.9 Å². The van der Waals surface area contributed by atoms with Crippen molar-refractivity contribution >= 4 is 23.5 Å². The summed E-state index contributed by atoms with van der Waals surface area (Å²) in [6, 6.07) is 12.1. The molecule has 1 amide bonds. The van der Waals surface area contributed by atoms with Gasteiger partial charge in [-0.05, 0) is 42.3 Å². The molecule has 0 fully saturated rings. The van der Waals surface area contributed by atoms with Crippen LogP contribution >= 0.6 is 11.6 Å². The molecule has 1 heterocycles. The number of amides is 1. The van der Waals surface area contributed by atoms with E-state index in [1.807, 2.05) is 18.2 Å². The van der Waals surface area contributed by atoms with Gasteiger partial charge in [0.2, 0.25) is 0 Å². The van der Waals surface area contributed by atoms with Gasteiger partial charge in [-0.2, -0.15) is 0 Å². The van der Waals surface area contributed by atoms with E-state index in [4.69, 9.17) is 25.8 Å². The average Bonchev–Trinajstić information content (AvgIpc) is 2.66. The largest absolute Gasteiger partial charge is 0.486 e. The molecule has 2 aromatic rings. The highest BCUT2D eigenvalue weighted by Gasteiger charge is 2.12. The van der Waals surface area contributed by atoms with Gasteiger partial charge in [0, 0.05) is 11.6 Å². The van der Waals surface area contributed by atoms with Crippen molar-refractivity contribution in [3.05, 3.63) is 58.6 Å². The van der Waals surface area contributed by atoms with Crippen molar-refractivity contribution in [3.63, 3.8) is 0 Å². The molecule has 0 bridgehead atoms. The summed E-state index contributed by atoms with van der Waals surface area (Å²) in [5.74, 6) is 0.500. The summed E-state index contributed by atoms with van der Waals surface area (Å²) in [4.78, 5) is 23.7. The van der Waals surface area contributed by atoms with E-state index in [-0.39, 0.29) is 12.5 Å². The number of carbonyl (C=O) groups excluding carboxylic acids is 2. The zero-order valence-corrected chi connectivity index (χ0v) is 14.8. The Balaban J connectivity index is 1.41. The quantitative estimate of drug-likeness (QED) is 0.786. The smallest absolute Gasteiger partial charge is 0.338 e. The molecule has 6 nitrogen and oxygen atoms in total. The molecule has 26 heavy (non-hydrogen) atoms. The van der Waals surface area contributed by atoms with Crippen molar-refractivity contribution in [3.8, 4) is 11.5 Å². The average molecular weight is 376 g/mol. The predicted molar refractivity (Wildman–Crippen MR) is 95.9 cm³/mol. The second-order valence-electron chi connectivity index (χ2n) is 5.66. The third-order valence-electron chi connectivity index (χ3n) is 3.74. The summed E-state index contributed by atoms with van der Waals surface area (Å²) < 4.78 is 16.0. The van der Waals surface area contributed by atoms with E-state index in [0.717, 1.165) is 17.1 Å². The number of ether oxygens (including phenoxy) is 3. The van der Waals surface area contributed by atoms with Crippen molar-refractivity contribution in [1.29, 1.82) is 0 Å². The fourth-order valence-electron chi connectivity index (χ4n) is 2.47. The SMILES string of the molecule is O=C(COC(=O)c1cccc(Cl)c1)NCCc1ccc2c(c1)OCCO2. The first kappa shape index (κ1) is 18.1. The number of nitrogens with one attached hydrogen (secondary N) is 1. The third-order valence-corrected chi connectivity index (χ3v) is 3.97. The lowest BCUT2D eigenvalue weighted by Gasteiger charge is -2.18. The molecule has 2 aromatic carbocycles. The van der Waals surface area contributed by atoms with Gasteiger partial charge in [-0.1, -0.05) is 23.7 Å². The number of hydrogen-bond acceptors (Lipinski definition) is 5. The van der Waals surface area contributed by atoms with Crippen LogP contribution in [0.25, 0.3) is 0 Å². The molecule has 3 rings (SSSR count). The molecule has 0 radical (unpaired) electrons. The minimum Gasteiger partial charge on any atom is -0.486 e. The van der Waals surface area contributed by atoms with E-state index in [9.17, 15) is 9.59 Å². The van der Waals surface area contributed by atoms with E-state index in [2.05, 4.69) is 5.32 Å². The molecule has 0 unspecified atom stereocenters. The molecule has 136 valence electrons. The Labute approximate surface area is 156 Å². The van der Waals surface area contributed by atoms with E-state index in [1.165, 1.54) is 6.07 Å². The van der Waals surface area contributed by atoms with Gasteiger partial charge < -0.3 is 19.5 Å². The van der Waals surface area contributed by atoms with E-state index in [1.54, 1.807) is 18.2 Å². The van der Waals surface area contributed by atoms with Crippen molar-refractivity contribution in [2.24, 2.45) is 0 Å². The summed E-state index contributed by atoms with van der Waals surface area (Å²) in [5.41, 5.74) is 1.33. The van der Waals surface area contributed by atoms with Crippen LogP contribution < -0.4 is 14.8 Å². The number of rotatable bonds is 6. The standard InChI is InChI=1S/C19H18ClNO5/c20-15-3-1-2-14(11-15)19(23)26-12-18(22)21-7-6-13-4-5-16-17(10-13)25-9-8-24-16/h1-5,10-11H,6-9,12H2,(H,21,22). The van der Waals surface area contributed by atoms with Gasteiger partial charge in [-0.3, -0.25) is 4.79 Å². The summed E-state index contributed by atoms with van der Waals surface area (Å²) in [7, 11) is 0. The highest BCUT2D eigenvalue weighted by Crippen LogP contribution is 2.30. The molecule has 7 heteroatoms. The summed E-state index contributed by atoms with van der Waals surface area (Å²) >= 11 is 5.82. The molecule has 0 spiro atoms. The number of esters is 1. The van der Waals surface area contributed by atoms with E-state index < -0.39 is 5.97 Å². The number of benzene rings is 2. The summed E-state index contributed by atoms with van der Waals surface area (Å²) in [5, 5.41) is 3.15. The number of hydrogen-bond donors (Lipinski definition) is 1. The van der Waals surface area contributed by atoms with Crippen molar-refractivity contribution < 1.29 is 23.8 Å². The van der Waals surface area contributed by atoms with Crippen LogP contribution in [0.5, 0.6) is 11.5 Å². The van der Waals surface area contributed by atoms with Gasteiger partial charge in [0.25, 0.3) is 5.91 Å². The van der Waals surface area contributed by atoms with Crippen LogP contribution in [0.4, 0.5) is 0 Å². The molecular weight excluding hydrogens is 358 g/mol. The fourth-order valence-corrected chi connectivity index (χ4v) is 2.66. The summed E-state index contributed by atoms with van der Waals surface area (Å²) in [6.07, 6.45) is 0.630. The Kier molecular flexibility index (Phi) is 5.96. The Morgan fingerprint density at radius 1 is 1.08 bits per heavy atom. The Hall–Kier alpha value is -2.73. The highest BCUT2D eigenvalue weighted by atomic mass is 35.5. The van der Waals surface area contributed by atoms with Crippen LogP contribution in [0, 0.1) is 0 Å². The second kappa shape index (κ2) is 8.58. The lowest BCUT2D eigenvalue weighted by Crippen LogP contribution is -2.30. The molecule has 0 saturated carbocycles. The van der Waals surface area contributed by atoms with Crippen molar-refractivity contribution in [2.75, 3.05) is 26.4 Å². The van der Waals surface area contributed by atoms with Crippen molar-refractivity contribution in [1.82, 2.24) is 5.32 Å². The maximum Gasteiger partial charge on any atom is 0.338 e. The highest BCUT2D eigenvalue weighted by molar-refractivity contribution is 6.30. The first-order valence-electron chi connectivity index (χ1n) is 8.20. The zero-order chi connectivity index (χ0) is 18.4. The topological polar surface area (TPSA) is 73.9 Å². The van der Waals surface area contributed by atoms with Gasteiger partial charge in [0.05, 0.1) is 5.56 Å². The van der Waals surface area contributed by atoms with Crippen LogP contribution in [-0.4, -0.2) is 38.2 Å². The molecule has 0 aromatic heterocycles. The van der Waals surface area contributed by atoms with Gasteiger partial charge in [-0.25, -0.2) is 4.79 Å². The minimum atomic E-state index is -0.588. The number of halogens is 1. The van der Waals surface area contributed by atoms with Crippen LogP contribution in [-0.2, 0) is 16.0 Å². The first-order valence-corrected chi connectivity index (χ1v) is 8.57. The number of fused-ring (bicyclic) bond motifs is 1. The lowest BCUT2D eigenvalue weighted by atomic mass is 10.1.